The topological polar surface area (TPSA) is 18.5 Å². The minimum atomic E-state index is -4.77. The van der Waals surface area contributed by atoms with Gasteiger partial charge in [-0.15, -0.1) is 13.2 Å². The first-order chi connectivity index (χ1) is 15.2. The lowest BCUT2D eigenvalue weighted by Crippen LogP contribution is -2.20. The van der Waals surface area contributed by atoms with Gasteiger partial charge in [-0.3, -0.25) is 0 Å². The van der Waals surface area contributed by atoms with Crippen molar-refractivity contribution < 1.29 is 31.4 Å². The van der Waals surface area contributed by atoms with Gasteiger partial charge < -0.3 is 9.47 Å². The fourth-order valence-electron chi connectivity index (χ4n) is 4.38. The van der Waals surface area contributed by atoms with Crippen LogP contribution in [0.25, 0.3) is 0 Å². The molecule has 0 N–H and O–H groups in total. The highest BCUT2D eigenvalue weighted by Crippen LogP contribution is 2.38. The molecule has 1 fully saturated rings. The Morgan fingerprint density at radius 2 is 1.47 bits per heavy atom. The largest absolute Gasteiger partial charge is 0.573 e. The summed E-state index contributed by atoms with van der Waals surface area (Å²) < 4.78 is 74.1. The summed E-state index contributed by atoms with van der Waals surface area (Å²) in [5.41, 5.74) is 1.47. The molecule has 7 heteroatoms. The number of ether oxygens (including phenoxy) is 2. The second-order valence-electron chi connectivity index (χ2n) is 8.44. The fraction of sp³-hybridized carbons (Fsp3) is 0.520. The highest BCUT2D eigenvalue weighted by Gasteiger charge is 2.33. The van der Waals surface area contributed by atoms with Crippen LogP contribution in [0.3, 0.4) is 0 Å². The van der Waals surface area contributed by atoms with E-state index in [-0.39, 0.29) is 24.3 Å². The fourth-order valence-corrected chi connectivity index (χ4v) is 4.38. The second kappa shape index (κ2) is 10.6. The predicted octanol–water partition coefficient (Wildman–Crippen LogP) is 7.97. The summed E-state index contributed by atoms with van der Waals surface area (Å²) in [5.74, 6) is 0.865. The Hall–Kier alpha value is -2.15. The molecule has 2 aromatic carbocycles. The van der Waals surface area contributed by atoms with Gasteiger partial charge in [0.15, 0.2) is 0 Å². The maximum Gasteiger partial charge on any atom is 0.573 e. The molecule has 2 nitrogen and oxygen atoms in total. The summed E-state index contributed by atoms with van der Waals surface area (Å²) in [4.78, 5) is 0. The summed E-state index contributed by atoms with van der Waals surface area (Å²) in [5, 5.41) is 0. The van der Waals surface area contributed by atoms with Crippen molar-refractivity contribution in [2.45, 2.75) is 70.3 Å². The van der Waals surface area contributed by atoms with E-state index in [1.54, 1.807) is 12.1 Å². The maximum atomic E-state index is 14.5. The summed E-state index contributed by atoms with van der Waals surface area (Å²) in [6.07, 6.45) is -0.995. The lowest BCUT2D eigenvalue weighted by Gasteiger charge is -2.29. The molecule has 3 rings (SSSR count). The molecule has 0 radical (unpaired) electrons. The first kappa shape index (κ1) is 24.5. The van der Waals surface area contributed by atoms with Crippen LogP contribution in [-0.2, 0) is 17.3 Å². The van der Waals surface area contributed by atoms with Crippen molar-refractivity contribution in [3.63, 3.8) is 0 Å². The number of halogens is 5. The summed E-state index contributed by atoms with van der Waals surface area (Å²) in [6.45, 7) is 1.94. The minimum absolute atomic E-state index is 0.140. The average molecular weight is 456 g/mol. The molecule has 0 aliphatic heterocycles. The van der Waals surface area contributed by atoms with Gasteiger partial charge in [0.25, 0.3) is 0 Å². The van der Waals surface area contributed by atoms with Crippen molar-refractivity contribution in [1.82, 2.24) is 0 Å². The molecule has 176 valence electrons. The van der Waals surface area contributed by atoms with Crippen molar-refractivity contribution in [2.75, 3.05) is 6.61 Å². The molecule has 0 atom stereocenters. The highest BCUT2D eigenvalue weighted by atomic mass is 19.4. The maximum absolute atomic E-state index is 14.5. The van der Waals surface area contributed by atoms with Gasteiger partial charge >= 0.3 is 12.5 Å². The third-order valence-electron chi connectivity index (χ3n) is 6.09. The van der Waals surface area contributed by atoms with E-state index >= 15 is 0 Å². The van der Waals surface area contributed by atoms with Crippen molar-refractivity contribution in [3.05, 3.63) is 65.2 Å². The molecule has 0 bridgehead atoms. The van der Waals surface area contributed by atoms with E-state index in [2.05, 4.69) is 11.7 Å². The van der Waals surface area contributed by atoms with Gasteiger partial charge in [-0.25, -0.2) is 0 Å². The van der Waals surface area contributed by atoms with Crippen LogP contribution in [0.5, 0.6) is 5.75 Å². The zero-order valence-corrected chi connectivity index (χ0v) is 18.1. The van der Waals surface area contributed by atoms with Gasteiger partial charge in [0.2, 0.25) is 0 Å². The lowest BCUT2D eigenvalue weighted by atomic mass is 9.77. The molecule has 0 heterocycles. The third-order valence-corrected chi connectivity index (χ3v) is 6.09. The number of rotatable bonds is 9. The van der Waals surface area contributed by atoms with Gasteiger partial charge in [0.05, 0.1) is 12.2 Å². The van der Waals surface area contributed by atoms with E-state index in [1.807, 2.05) is 0 Å². The zero-order valence-electron chi connectivity index (χ0n) is 18.1. The van der Waals surface area contributed by atoms with E-state index in [9.17, 15) is 22.0 Å². The molecule has 32 heavy (non-hydrogen) atoms. The normalized spacial score (nSPS) is 19.7. The Labute approximate surface area is 185 Å². The minimum Gasteiger partial charge on any atom is -0.406 e. The van der Waals surface area contributed by atoms with Crippen molar-refractivity contribution in [3.8, 4) is 5.75 Å². The van der Waals surface area contributed by atoms with Crippen molar-refractivity contribution in [1.29, 1.82) is 0 Å². The molecular formula is C25H29F5O2. The van der Waals surface area contributed by atoms with Gasteiger partial charge in [-0.1, -0.05) is 56.2 Å². The van der Waals surface area contributed by atoms with E-state index in [4.69, 9.17) is 4.74 Å². The lowest BCUT2D eigenvalue weighted by molar-refractivity contribution is -0.274. The molecule has 0 unspecified atom stereocenters. The molecule has 0 aromatic heterocycles. The van der Waals surface area contributed by atoms with Crippen LogP contribution in [0, 0.1) is 5.92 Å². The Morgan fingerprint density at radius 1 is 0.844 bits per heavy atom. The van der Waals surface area contributed by atoms with Crippen molar-refractivity contribution in [2.24, 2.45) is 5.92 Å². The number of hydrogen-bond acceptors (Lipinski definition) is 2. The van der Waals surface area contributed by atoms with Crippen LogP contribution < -0.4 is 4.74 Å². The van der Waals surface area contributed by atoms with Crippen LogP contribution in [0.15, 0.2) is 48.5 Å². The first-order valence-corrected chi connectivity index (χ1v) is 11.1. The SMILES string of the molecule is CCC[C@H]1CC[C@H](c2ccc(C(F)(F)OCCc3ccc(OC(F)(F)F)cc3)cc2)CC1. The van der Waals surface area contributed by atoms with E-state index in [1.165, 1.54) is 49.9 Å². The Bertz CT molecular complexity index is 823. The van der Waals surface area contributed by atoms with Crippen LogP contribution in [-0.4, -0.2) is 13.0 Å². The molecule has 1 aliphatic carbocycles. The predicted molar refractivity (Wildman–Crippen MR) is 113 cm³/mol. The highest BCUT2D eigenvalue weighted by molar-refractivity contribution is 5.28. The van der Waals surface area contributed by atoms with E-state index in [0.717, 1.165) is 36.5 Å². The zero-order chi connectivity index (χ0) is 23.2. The van der Waals surface area contributed by atoms with Crippen LogP contribution in [0.2, 0.25) is 0 Å². The molecular weight excluding hydrogens is 427 g/mol. The number of hydrogen-bond donors (Lipinski definition) is 0. The van der Waals surface area contributed by atoms with Gasteiger partial charge in [0.1, 0.15) is 5.75 Å². The summed E-state index contributed by atoms with van der Waals surface area (Å²) in [7, 11) is 0. The standard InChI is InChI=1S/C25H29F5O2/c1-2-3-18-4-8-20(9-5-18)21-10-12-22(13-11-21)24(26,27)31-17-16-19-6-14-23(15-7-19)32-25(28,29)30/h6-7,10-15,18,20H,2-5,8-9,16-17H2,1H3/t18-,20-. The molecule has 0 spiro atoms. The molecule has 0 amide bonds. The summed E-state index contributed by atoms with van der Waals surface area (Å²) in [6, 6.07) is 11.5. The smallest absolute Gasteiger partial charge is 0.406 e. The number of benzene rings is 2. The number of alkyl halides is 5. The van der Waals surface area contributed by atoms with Crippen LogP contribution >= 0.6 is 0 Å². The molecule has 2 aromatic rings. The average Bonchev–Trinajstić information content (AvgIpc) is 2.75. The van der Waals surface area contributed by atoms with Gasteiger partial charge in [-0.2, -0.15) is 8.78 Å². The Morgan fingerprint density at radius 3 is 2.03 bits per heavy atom. The van der Waals surface area contributed by atoms with Crippen LogP contribution in [0.4, 0.5) is 22.0 Å². The third kappa shape index (κ3) is 7.19. The molecule has 1 aliphatic rings. The van der Waals surface area contributed by atoms with E-state index in [0.29, 0.717) is 11.5 Å². The second-order valence-corrected chi connectivity index (χ2v) is 8.44. The van der Waals surface area contributed by atoms with Crippen LogP contribution in [0.1, 0.15) is 68.1 Å². The molecule has 0 saturated heterocycles. The van der Waals surface area contributed by atoms with Gasteiger partial charge in [-0.05, 0) is 67.2 Å². The Balaban J connectivity index is 1.49. The van der Waals surface area contributed by atoms with Gasteiger partial charge in [0, 0.05) is 0 Å². The Kier molecular flexibility index (Phi) is 8.15. The summed E-state index contributed by atoms with van der Waals surface area (Å²) >= 11 is 0. The monoisotopic (exact) mass is 456 g/mol. The first-order valence-electron chi connectivity index (χ1n) is 11.1. The quantitative estimate of drug-likeness (QED) is 0.356. The van der Waals surface area contributed by atoms with E-state index < -0.39 is 12.5 Å². The molecule has 1 saturated carbocycles. The van der Waals surface area contributed by atoms with Crippen molar-refractivity contribution >= 4 is 0 Å².